The minimum Gasteiger partial charge on any atom is -0.249 e. The summed E-state index contributed by atoms with van der Waals surface area (Å²) < 4.78 is 2.09. The summed E-state index contributed by atoms with van der Waals surface area (Å²) in [4.78, 5) is 4.46. The Morgan fingerprint density at radius 2 is 2.18 bits per heavy atom. The first-order valence-electron chi connectivity index (χ1n) is 4.22. The fourth-order valence-electron chi connectivity index (χ4n) is 2.06. The lowest BCUT2D eigenvalue weighted by molar-refractivity contribution is 0.618. The Morgan fingerprint density at radius 3 is 2.91 bits per heavy atom. The van der Waals surface area contributed by atoms with Crippen LogP contribution in [0.15, 0.2) is 0 Å². The molecule has 3 heteroatoms. The first kappa shape index (κ1) is 5.75. The summed E-state index contributed by atoms with van der Waals surface area (Å²) in [6.45, 7) is 3.07. The second-order valence-corrected chi connectivity index (χ2v) is 3.74. The molecule has 0 saturated heterocycles. The molecule has 11 heavy (non-hydrogen) atoms. The molecule has 3 rings (SSSR count). The zero-order chi connectivity index (χ0) is 7.47. The average Bonchev–Trinajstić information content (AvgIpc) is 2.57. The highest BCUT2D eigenvalue weighted by molar-refractivity contribution is 5.22. The highest BCUT2D eigenvalue weighted by atomic mass is 15.4. The van der Waals surface area contributed by atoms with E-state index < -0.39 is 0 Å². The van der Waals surface area contributed by atoms with E-state index in [0.717, 1.165) is 12.4 Å². The minimum absolute atomic E-state index is 0.487. The van der Waals surface area contributed by atoms with Crippen molar-refractivity contribution in [3.8, 4) is 0 Å². The van der Waals surface area contributed by atoms with E-state index >= 15 is 0 Å². The molecule has 0 unspecified atom stereocenters. The maximum absolute atomic E-state index is 4.46. The predicted molar refractivity (Wildman–Crippen MR) is 40.3 cm³/mol. The summed E-state index contributed by atoms with van der Waals surface area (Å²) in [5, 5.41) is 4.33. The van der Waals surface area contributed by atoms with Gasteiger partial charge in [-0.1, -0.05) is 0 Å². The van der Waals surface area contributed by atoms with Crippen molar-refractivity contribution in [3.63, 3.8) is 0 Å². The van der Waals surface area contributed by atoms with E-state index in [4.69, 9.17) is 0 Å². The fourth-order valence-corrected chi connectivity index (χ4v) is 2.06. The van der Waals surface area contributed by atoms with Crippen LogP contribution in [0.3, 0.4) is 0 Å². The van der Waals surface area contributed by atoms with Crippen molar-refractivity contribution < 1.29 is 0 Å². The van der Waals surface area contributed by atoms with Gasteiger partial charge in [0.2, 0.25) is 0 Å². The van der Waals surface area contributed by atoms with Crippen LogP contribution in [0.4, 0.5) is 0 Å². The van der Waals surface area contributed by atoms with Gasteiger partial charge in [-0.2, -0.15) is 5.10 Å². The summed E-state index contributed by atoms with van der Waals surface area (Å²) in [5.41, 5.74) is 0.487. The van der Waals surface area contributed by atoms with E-state index in [1.165, 1.54) is 25.1 Å². The monoisotopic (exact) mass is 149 g/mol. The second kappa shape index (κ2) is 1.49. The van der Waals surface area contributed by atoms with Crippen LogP contribution in [0, 0.1) is 6.92 Å². The highest BCUT2D eigenvalue weighted by Gasteiger charge is 2.51. The Hall–Kier alpha value is -0.860. The van der Waals surface area contributed by atoms with Crippen molar-refractivity contribution in [2.45, 2.75) is 38.1 Å². The smallest absolute Gasteiger partial charge is 0.147 e. The lowest BCUT2D eigenvalue weighted by Crippen LogP contribution is -2.01. The molecule has 1 aromatic heterocycles. The number of rotatable bonds is 0. The molecular weight excluding hydrogens is 138 g/mol. The van der Waals surface area contributed by atoms with Crippen LogP contribution in [-0.4, -0.2) is 14.8 Å². The summed E-state index contributed by atoms with van der Waals surface area (Å²) in [5.74, 6) is 2.20. The Labute approximate surface area is 65.4 Å². The van der Waals surface area contributed by atoms with Crippen LogP contribution in [-0.2, 0) is 12.0 Å². The molecule has 58 valence electrons. The number of aryl methyl sites for hydroxylation is 2. The van der Waals surface area contributed by atoms with Crippen LogP contribution in [0.25, 0.3) is 0 Å². The molecule has 1 aliphatic heterocycles. The van der Waals surface area contributed by atoms with Gasteiger partial charge in [0.1, 0.15) is 11.6 Å². The Kier molecular flexibility index (Phi) is 0.780. The molecule has 1 fully saturated rings. The summed E-state index contributed by atoms with van der Waals surface area (Å²) in [6.07, 6.45) is 3.96. The van der Waals surface area contributed by atoms with Crippen molar-refractivity contribution in [1.29, 1.82) is 0 Å². The van der Waals surface area contributed by atoms with E-state index in [1.807, 2.05) is 6.92 Å². The largest absolute Gasteiger partial charge is 0.249 e. The molecule has 2 aliphatic rings. The van der Waals surface area contributed by atoms with E-state index in [-0.39, 0.29) is 0 Å². The molecule has 1 aliphatic carbocycles. The zero-order valence-corrected chi connectivity index (χ0v) is 6.67. The summed E-state index contributed by atoms with van der Waals surface area (Å²) in [7, 11) is 0. The molecule has 0 radical (unpaired) electrons. The molecule has 1 spiro atoms. The third kappa shape index (κ3) is 0.588. The molecular formula is C8H11N3. The van der Waals surface area contributed by atoms with Gasteiger partial charge in [0.25, 0.3) is 0 Å². The molecule has 0 amide bonds. The summed E-state index contributed by atoms with van der Waals surface area (Å²) >= 11 is 0. The number of nitrogens with zero attached hydrogens (tertiary/aromatic N) is 3. The predicted octanol–water partition coefficient (Wildman–Crippen LogP) is 1.02. The van der Waals surface area contributed by atoms with Gasteiger partial charge in [-0.25, -0.2) is 9.67 Å². The van der Waals surface area contributed by atoms with Gasteiger partial charge in [0.15, 0.2) is 0 Å². The van der Waals surface area contributed by atoms with Crippen molar-refractivity contribution in [1.82, 2.24) is 14.8 Å². The standard InChI is InChI=1S/C8H11N3/c1-6-9-7-8(2-3-8)4-5-11(7)10-6/h2-5H2,1H3. The fraction of sp³-hybridized carbons (Fsp3) is 0.750. The van der Waals surface area contributed by atoms with Crippen LogP contribution < -0.4 is 0 Å². The van der Waals surface area contributed by atoms with Crippen LogP contribution in [0.1, 0.15) is 30.9 Å². The van der Waals surface area contributed by atoms with Gasteiger partial charge in [-0.3, -0.25) is 0 Å². The van der Waals surface area contributed by atoms with Crippen molar-refractivity contribution in [3.05, 3.63) is 11.6 Å². The molecule has 0 bridgehead atoms. The number of aromatic nitrogens is 3. The van der Waals surface area contributed by atoms with E-state index in [1.54, 1.807) is 0 Å². The quantitative estimate of drug-likeness (QED) is 0.551. The van der Waals surface area contributed by atoms with Crippen molar-refractivity contribution in [2.75, 3.05) is 0 Å². The minimum atomic E-state index is 0.487. The maximum atomic E-state index is 4.46. The topological polar surface area (TPSA) is 30.7 Å². The normalized spacial score (nSPS) is 24.1. The van der Waals surface area contributed by atoms with Crippen LogP contribution in [0.5, 0.6) is 0 Å². The van der Waals surface area contributed by atoms with E-state index in [0.29, 0.717) is 5.41 Å². The van der Waals surface area contributed by atoms with Gasteiger partial charge in [-0.15, -0.1) is 0 Å². The van der Waals surface area contributed by atoms with Gasteiger partial charge in [0, 0.05) is 12.0 Å². The SMILES string of the molecule is Cc1nc2n(n1)CCC21CC1. The number of fused-ring (bicyclic) bond motifs is 2. The average molecular weight is 149 g/mol. The van der Waals surface area contributed by atoms with Crippen molar-refractivity contribution in [2.24, 2.45) is 0 Å². The van der Waals surface area contributed by atoms with E-state index in [9.17, 15) is 0 Å². The molecule has 1 aromatic rings. The highest BCUT2D eigenvalue weighted by Crippen LogP contribution is 2.53. The second-order valence-electron chi connectivity index (χ2n) is 3.74. The maximum Gasteiger partial charge on any atom is 0.147 e. The van der Waals surface area contributed by atoms with Crippen LogP contribution >= 0.6 is 0 Å². The van der Waals surface area contributed by atoms with Gasteiger partial charge >= 0.3 is 0 Å². The molecule has 1 saturated carbocycles. The van der Waals surface area contributed by atoms with Gasteiger partial charge in [0.05, 0.1) is 0 Å². The molecule has 0 atom stereocenters. The van der Waals surface area contributed by atoms with Gasteiger partial charge < -0.3 is 0 Å². The lowest BCUT2D eigenvalue weighted by Gasteiger charge is -1.98. The third-order valence-electron chi connectivity index (χ3n) is 2.91. The Morgan fingerprint density at radius 1 is 1.36 bits per heavy atom. The van der Waals surface area contributed by atoms with Crippen LogP contribution in [0.2, 0.25) is 0 Å². The number of hydrogen-bond acceptors (Lipinski definition) is 2. The molecule has 3 nitrogen and oxygen atoms in total. The molecule has 2 heterocycles. The molecule has 0 N–H and O–H groups in total. The zero-order valence-electron chi connectivity index (χ0n) is 6.67. The van der Waals surface area contributed by atoms with Crippen molar-refractivity contribution >= 4 is 0 Å². The number of hydrogen-bond donors (Lipinski definition) is 0. The Balaban J connectivity index is 2.19. The van der Waals surface area contributed by atoms with E-state index in [2.05, 4.69) is 14.8 Å². The molecule has 0 aromatic carbocycles. The third-order valence-corrected chi connectivity index (χ3v) is 2.91. The Bertz CT molecular complexity index is 309. The van der Waals surface area contributed by atoms with Gasteiger partial charge in [-0.05, 0) is 26.2 Å². The first-order chi connectivity index (χ1) is 5.30. The lowest BCUT2D eigenvalue weighted by atomic mass is 10.1. The first-order valence-corrected chi connectivity index (χ1v) is 4.22. The summed E-state index contributed by atoms with van der Waals surface area (Å²) in [6, 6.07) is 0.